The maximum absolute atomic E-state index is 2.50. The Morgan fingerprint density at radius 2 is 0.667 bits per heavy atom. The minimum absolute atomic E-state index is 0.206. The van der Waals surface area contributed by atoms with E-state index in [-0.39, 0.29) is 14.5 Å². The van der Waals surface area contributed by atoms with Crippen molar-refractivity contribution in [1.29, 1.82) is 0 Å². The van der Waals surface area contributed by atoms with Crippen LogP contribution in [0.25, 0.3) is 118 Å². The fourth-order valence-electron chi connectivity index (χ4n) is 9.62. The molecule has 0 saturated heterocycles. The predicted molar refractivity (Wildman–Crippen MR) is 248 cm³/mol. The second kappa shape index (κ2) is 12.9. The standard InChI is InChI=1S/C56H34Se/c1-2-16-36(17-3-1)53-42-20-6-8-22-44(42)55(45-23-9-7-21-43(45)53)38-29-31-40-50-33-37(30-32-51(50)57-52(40)34-38)54-46-24-10-12-26-48(46)56(49-27-13-11-25-47(49)54)41-28-14-18-35-15-4-5-19-39(35)41/h1-34H. The molecule has 0 nitrogen and oxygen atoms in total. The summed E-state index contributed by atoms with van der Waals surface area (Å²) in [4.78, 5) is 0. The predicted octanol–water partition coefficient (Wildman–Crippen LogP) is 15.5. The summed E-state index contributed by atoms with van der Waals surface area (Å²) >= 11 is 0.206. The molecule has 0 N–H and O–H groups in total. The molecule has 1 aromatic heterocycles. The van der Waals surface area contributed by atoms with Crippen molar-refractivity contribution in [3.05, 3.63) is 206 Å². The Bertz CT molecular complexity index is 3450. The van der Waals surface area contributed by atoms with Crippen molar-refractivity contribution < 1.29 is 0 Å². The monoisotopic (exact) mass is 786 g/mol. The van der Waals surface area contributed by atoms with Gasteiger partial charge in [-0.1, -0.05) is 6.07 Å². The van der Waals surface area contributed by atoms with Gasteiger partial charge in [0.1, 0.15) is 0 Å². The second-order valence-corrected chi connectivity index (χ2v) is 17.4. The maximum atomic E-state index is 2.50. The normalized spacial score (nSPS) is 11.9. The SMILES string of the molecule is c1ccc(-c2c3ccccc3c(-c3ccc4c(c3)[se]c3ccc(-c5c6ccccc6c(-c6cccc7ccccc67)c6ccccc56)cc34)c3ccccc23)cc1. The van der Waals surface area contributed by atoms with Crippen LogP contribution in [0.1, 0.15) is 0 Å². The molecule has 1 heteroatoms. The van der Waals surface area contributed by atoms with E-state index in [1.165, 1.54) is 118 Å². The molecule has 12 rings (SSSR count). The molecule has 264 valence electrons. The van der Waals surface area contributed by atoms with Gasteiger partial charge in [0.05, 0.1) is 0 Å². The van der Waals surface area contributed by atoms with Gasteiger partial charge in [-0.2, -0.15) is 0 Å². The fraction of sp³-hybridized carbons (Fsp3) is 0. The van der Waals surface area contributed by atoms with Crippen LogP contribution in [0.15, 0.2) is 206 Å². The number of benzene rings is 11. The summed E-state index contributed by atoms with van der Waals surface area (Å²) in [6.45, 7) is 0. The third-order valence-electron chi connectivity index (χ3n) is 12.0. The van der Waals surface area contributed by atoms with Crippen LogP contribution in [0.2, 0.25) is 0 Å². The summed E-state index contributed by atoms with van der Waals surface area (Å²) in [5.41, 5.74) is 10.3. The molecule has 0 radical (unpaired) electrons. The van der Waals surface area contributed by atoms with E-state index in [9.17, 15) is 0 Å². The van der Waals surface area contributed by atoms with E-state index in [4.69, 9.17) is 0 Å². The zero-order valence-corrected chi connectivity index (χ0v) is 32.8. The second-order valence-electron chi connectivity index (χ2n) is 15.1. The molecule has 57 heavy (non-hydrogen) atoms. The Balaban J connectivity index is 1.07. The van der Waals surface area contributed by atoms with Gasteiger partial charge in [-0.05, 0) is 0 Å². The van der Waals surface area contributed by atoms with E-state index in [2.05, 4.69) is 206 Å². The third kappa shape index (κ3) is 5.00. The first-order chi connectivity index (χ1) is 28.3. The van der Waals surface area contributed by atoms with Gasteiger partial charge in [-0.3, -0.25) is 0 Å². The molecule has 0 saturated carbocycles. The van der Waals surface area contributed by atoms with Gasteiger partial charge in [-0.15, -0.1) is 0 Å². The molecule has 0 bridgehead atoms. The summed E-state index contributed by atoms with van der Waals surface area (Å²) in [6, 6.07) is 76.9. The number of fused-ring (bicyclic) bond motifs is 8. The van der Waals surface area contributed by atoms with Crippen LogP contribution < -0.4 is 0 Å². The molecule has 0 aliphatic carbocycles. The van der Waals surface area contributed by atoms with E-state index in [1.807, 2.05) is 0 Å². The summed E-state index contributed by atoms with van der Waals surface area (Å²) in [5, 5.41) is 15.6. The average molecular weight is 786 g/mol. The zero-order valence-electron chi connectivity index (χ0n) is 31.0. The van der Waals surface area contributed by atoms with E-state index >= 15 is 0 Å². The van der Waals surface area contributed by atoms with E-state index in [0.29, 0.717) is 0 Å². The fourth-order valence-corrected chi connectivity index (χ4v) is 12.0. The van der Waals surface area contributed by atoms with E-state index < -0.39 is 0 Å². The van der Waals surface area contributed by atoms with Gasteiger partial charge >= 0.3 is 332 Å². The molecule has 0 fully saturated rings. The number of hydrogen-bond donors (Lipinski definition) is 0. The first-order valence-corrected chi connectivity index (χ1v) is 21.4. The Labute approximate surface area is 336 Å². The van der Waals surface area contributed by atoms with Gasteiger partial charge < -0.3 is 0 Å². The molecule has 11 aromatic carbocycles. The Kier molecular flexibility index (Phi) is 7.35. The van der Waals surface area contributed by atoms with Crippen molar-refractivity contribution in [3.63, 3.8) is 0 Å². The summed E-state index contributed by atoms with van der Waals surface area (Å²) < 4.78 is 2.90. The van der Waals surface area contributed by atoms with Crippen molar-refractivity contribution >= 4 is 87.7 Å². The summed E-state index contributed by atoms with van der Waals surface area (Å²) in [6.07, 6.45) is 0. The van der Waals surface area contributed by atoms with Crippen LogP contribution in [0, 0.1) is 0 Å². The average Bonchev–Trinajstić information content (AvgIpc) is 3.64. The molecule has 0 aliphatic heterocycles. The topological polar surface area (TPSA) is 0 Å². The van der Waals surface area contributed by atoms with Crippen molar-refractivity contribution in [2.24, 2.45) is 0 Å². The third-order valence-corrected chi connectivity index (χ3v) is 14.4. The van der Waals surface area contributed by atoms with Crippen LogP contribution in [-0.4, -0.2) is 14.5 Å². The van der Waals surface area contributed by atoms with Crippen molar-refractivity contribution in [3.8, 4) is 44.5 Å². The molecular formula is C56H34Se. The summed E-state index contributed by atoms with van der Waals surface area (Å²) in [5.74, 6) is 0. The van der Waals surface area contributed by atoms with Crippen LogP contribution in [0.3, 0.4) is 0 Å². The van der Waals surface area contributed by atoms with E-state index in [1.54, 1.807) is 0 Å². The van der Waals surface area contributed by atoms with Gasteiger partial charge in [0, 0.05) is 0 Å². The molecule has 12 aromatic rings. The van der Waals surface area contributed by atoms with Crippen LogP contribution >= 0.6 is 0 Å². The molecule has 0 aliphatic rings. The van der Waals surface area contributed by atoms with Gasteiger partial charge in [0.25, 0.3) is 0 Å². The Hall–Kier alpha value is -6.76. The molecule has 1 heterocycles. The van der Waals surface area contributed by atoms with E-state index in [0.717, 1.165) is 0 Å². The van der Waals surface area contributed by atoms with Crippen molar-refractivity contribution in [2.75, 3.05) is 0 Å². The molecule has 0 amide bonds. The number of hydrogen-bond acceptors (Lipinski definition) is 0. The van der Waals surface area contributed by atoms with Crippen LogP contribution in [-0.2, 0) is 0 Å². The minimum atomic E-state index is 0.206. The van der Waals surface area contributed by atoms with Crippen LogP contribution in [0.4, 0.5) is 0 Å². The first-order valence-electron chi connectivity index (χ1n) is 19.7. The van der Waals surface area contributed by atoms with Crippen LogP contribution in [0.5, 0.6) is 0 Å². The molecular weight excluding hydrogens is 752 g/mol. The zero-order chi connectivity index (χ0) is 37.5. The van der Waals surface area contributed by atoms with Crippen molar-refractivity contribution in [2.45, 2.75) is 0 Å². The first kappa shape index (κ1) is 32.5. The Morgan fingerprint density at radius 1 is 0.228 bits per heavy atom. The van der Waals surface area contributed by atoms with Gasteiger partial charge in [0.15, 0.2) is 0 Å². The summed E-state index contributed by atoms with van der Waals surface area (Å²) in [7, 11) is 0. The van der Waals surface area contributed by atoms with Crippen molar-refractivity contribution in [1.82, 2.24) is 0 Å². The Morgan fingerprint density at radius 3 is 1.25 bits per heavy atom. The molecule has 0 spiro atoms. The van der Waals surface area contributed by atoms with Gasteiger partial charge in [-0.25, -0.2) is 0 Å². The molecule has 0 unspecified atom stereocenters. The van der Waals surface area contributed by atoms with Gasteiger partial charge in [0.2, 0.25) is 0 Å². The number of rotatable bonds is 4. The quantitative estimate of drug-likeness (QED) is 0.123. The molecule has 0 atom stereocenters.